The monoisotopic (exact) mass is 737 g/mol. The van der Waals surface area contributed by atoms with Crippen LogP contribution < -0.4 is 20.9 Å². The average molecular weight is 738 g/mol. The Balaban J connectivity index is 1.09. The van der Waals surface area contributed by atoms with E-state index in [0.29, 0.717) is 37.3 Å². The zero-order valence-corrected chi connectivity index (χ0v) is 31.7. The van der Waals surface area contributed by atoms with E-state index in [1.165, 1.54) is 0 Å². The van der Waals surface area contributed by atoms with Crippen molar-refractivity contribution in [2.45, 2.75) is 90.6 Å². The van der Waals surface area contributed by atoms with Crippen LogP contribution in [0.1, 0.15) is 65.9 Å². The smallest absolute Gasteiger partial charge is 0.407 e. The third-order valence-corrected chi connectivity index (χ3v) is 9.76. The van der Waals surface area contributed by atoms with Crippen molar-refractivity contribution in [3.63, 3.8) is 0 Å². The van der Waals surface area contributed by atoms with Crippen LogP contribution in [0.25, 0.3) is 22.5 Å². The number of amides is 3. The molecule has 14 nitrogen and oxygen atoms in total. The number of aromatic nitrogens is 5. The molecule has 0 bridgehead atoms. The summed E-state index contributed by atoms with van der Waals surface area (Å²) >= 11 is 0. The van der Waals surface area contributed by atoms with E-state index >= 15 is 0 Å². The van der Waals surface area contributed by atoms with Crippen molar-refractivity contribution in [2.75, 3.05) is 29.9 Å². The van der Waals surface area contributed by atoms with Crippen LogP contribution in [0.4, 0.5) is 16.3 Å². The summed E-state index contributed by atoms with van der Waals surface area (Å²) < 4.78 is 11.2. The highest BCUT2D eigenvalue weighted by Crippen LogP contribution is 2.29. The number of tetrazole rings is 1. The van der Waals surface area contributed by atoms with Gasteiger partial charge in [-0.25, -0.2) is 9.78 Å². The first-order valence-electron chi connectivity index (χ1n) is 18.8. The second kappa shape index (κ2) is 17.2. The van der Waals surface area contributed by atoms with Crippen molar-refractivity contribution in [3.8, 4) is 22.5 Å². The predicted molar refractivity (Wildman–Crippen MR) is 205 cm³/mol. The molecule has 2 aliphatic rings. The minimum absolute atomic E-state index is 0.145. The number of carbonyl (C=O) groups excluding carboxylic acids is 3. The van der Waals surface area contributed by atoms with Gasteiger partial charge in [-0.3, -0.25) is 9.59 Å². The van der Waals surface area contributed by atoms with Crippen LogP contribution in [0.5, 0.6) is 0 Å². The predicted octanol–water partition coefficient (Wildman–Crippen LogP) is 5.54. The molecule has 3 atom stereocenters. The highest BCUT2D eigenvalue weighted by molar-refractivity contribution is 5.97. The molecule has 14 heteroatoms. The second-order valence-corrected chi connectivity index (χ2v) is 15.4. The lowest BCUT2D eigenvalue weighted by Gasteiger charge is -2.36. The Hall–Kier alpha value is -5.37. The Labute approximate surface area is 316 Å². The zero-order valence-electron chi connectivity index (χ0n) is 31.7. The summed E-state index contributed by atoms with van der Waals surface area (Å²) in [6.45, 7) is 11.8. The fraction of sp³-hybridized carbons (Fsp3) is 0.475. The minimum Gasteiger partial charge on any atom is -0.444 e. The molecule has 3 amide bonds. The van der Waals surface area contributed by atoms with Gasteiger partial charge in [-0.1, -0.05) is 24.3 Å². The summed E-state index contributed by atoms with van der Waals surface area (Å²) in [4.78, 5) is 46.6. The molecule has 286 valence electrons. The molecule has 4 aromatic rings. The SMILES string of the molecule is CC1CN(c2ccc(-c3ccc(CC(NC(=O)C4CCC(CNC(=O)OC(C)(C)C)CC4)C(=O)Nc4ccc(-c5nn[nH]n5)cc4)cc3)cn2)CC(C)O1. The number of alkyl carbamates (subject to hydrolysis) is 1. The van der Waals surface area contributed by atoms with Crippen molar-refractivity contribution in [1.82, 2.24) is 36.2 Å². The van der Waals surface area contributed by atoms with E-state index in [0.717, 1.165) is 54.0 Å². The van der Waals surface area contributed by atoms with Crippen molar-refractivity contribution in [3.05, 3.63) is 72.4 Å². The van der Waals surface area contributed by atoms with Crippen LogP contribution in [0.2, 0.25) is 0 Å². The quantitative estimate of drug-likeness (QED) is 0.153. The van der Waals surface area contributed by atoms with Crippen LogP contribution in [-0.2, 0) is 25.5 Å². The molecule has 3 heterocycles. The average Bonchev–Trinajstić information content (AvgIpc) is 3.69. The lowest BCUT2D eigenvalue weighted by Crippen LogP contribution is -2.48. The molecule has 54 heavy (non-hydrogen) atoms. The number of rotatable bonds is 11. The van der Waals surface area contributed by atoms with E-state index in [9.17, 15) is 14.4 Å². The van der Waals surface area contributed by atoms with Gasteiger partial charge in [0.2, 0.25) is 17.6 Å². The normalized spacial score (nSPS) is 20.8. The molecule has 2 aromatic carbocycles. The van der Waals surface area contributed by atoms with E-state index in [2.05, 4.69) is 61.4 Å². The van der Waals surface area contributed by atoms with Gasteiger partial charge in [0, 0.05) is 55.0 Å². The molecular weight excluding hydrogens is 686 g/mol. The Morgan fingerprint density at radius 2 is 1.57 bits per heavy atom. The number of H-pyrrole nitrogens is 1. The number of nitrogens with one attached hydrogen (secondary N) is 4. The van der Waals surface area contributed by atoms with Crippen LogP contribution in [0, 0.1) is 11.8 Å². The number of benzene rings is 2. The van der Waals surface area contributed by atoms with E-state index in [1.807, 2.05) is 57.3 Å². The number of anilines is 2. The van der Waals surface area contributed by atoms with Crippen molar-refractivity contribution in [1.29, 1.82) is 0 Å². The number of hydrogen-bond acceptors (Lipinski definition) is 10. The van der Waals surface area contributed by atoms with Crippen molar-refractivity contribution in [2.24, 2.45) is 11.8 Å². The molecule has 3 unspecified atom stereocenters. The van der Waals surface area contributed by atoms with Gasteiger partial charge in [0.15, 0.2) is 0 Å². The Kier molecular flexibility index (Phi) is 12.2. The molecule has 4 N–H and O–H groups in total. The van der Waals surface area contributed by atoms with E-state index < -0.39 is 17.7 Å². The molecule has 1 aliphatic carbocycles. The Morgan fingerprint density at radius 3 is 2.19 bits per heavy atom. The number of nitrogens with zero attached hydrogens (tertiary/aromatic N) is 5. The molecule has 1 aliphatic heterocycles. The van der Waals surface area contributed by atoms with E-state index in [1.54, 1.807) is 24.3 Å². The first kappa shape index (κ1) is 38.4. The molecular formula is C40H51N9O5. The summed E-state index contributed by atoms with van der Waals surface area (Å²) in [6.07, 6.45) is 4.98. The second-order valence-electron chi connectivity index (χ2n) is 15.4. The Morgan fingerprint density at radius 1 is 0.907 bits per heavy atom. The maximum atomic E-state index is 13.8. The molecule has 1 saturated heterocycles. The van der Waals surface area contributed by atoms with Crippen LogP contribution in [-0.4, -0.2) is 87.0 Å². The number of ether oxygens (including phenoxy) is 2. The zero-order chi connectivity index (χ0) is 38.2. The summed E-state index contributed by atoms with van der Waals surface area (Å²) in [5, 5.41) is 23.0. The van der Waals surface area contributed by atoms with Crippen molar-refractivity contribution >= 4 is 29.4 Å². The van der Waals surface area contributed by atoms with Crippen LogP contribution >= 0.6 is 0 Å². The fourth-order valence-corrected chi connectivity index (χ4v) is 7.06. The number of hydrogen-bond donors (Lipinski definition) is 4. The molecule has 2 aromatic heterocycles. The maximum absolute atomic E-state index is 13.8. The highest BCUT2D eigenvalue weighted by atomic mass is 16.6. The van der Waals surface area contributed by atoms with Gasteiger partial charge in [0.05, 0.1) is 12.2 Å². The summed E-state index contributed by atoms with van der Waals surface area (Å²) in [5.41, 5.74) is 3.67. The largest absolute Gasteiger partial charge is 0.444 e. The standard InChI is InChI=1S/C40H51N9O5/c1-25-23-49(24-26(2)53-25)35-19-16-32(22-41-35)29-10-6-27(7-11-29)20-34(38(51)43-33-17-14-30(15-18-33)36-45-47-48-46-36)44-37(50)31-12-8-28(9-13-31)21-42-39(52)54-40(3,4)5/h6-7,10-11,14-19,22,25-26,28,31,34H,8-9,12-13,20-21,23-24H2,1-5H3,(H,42,52)(H,43,51)(H,44,50)(H,45,46,47,48). The molecule has 1 saturated carbocycles. The summed E-state index contributed by atoms with van der Waals surface area (Å²) in [5.74, 6) is 0.943. The van der Waals surface area contributed by atoms with Gasteiger partial charge in [0.1, 0.15) is 17.5 Å². The minimum atomic E-state index is -0.814. The van der Waals surface area contributed by atoms with E-state index in [-0.39, 0.29) is 35.9 Å². The third kappa shape index (κ3) is 10.6. The number of carbonyl (C=O) groups is 3. The lowest BCUT2D eigenvalue weighted by molar-refractivity contribution is -0.130. The molecule has 2 fully saturated rings. The van der Waals surface area contributed by atoms with Gasteiger partial charge in [0.25, 0.3) is 0 Å². The third-order valence-electron chi connectivity index (χ3n) is 9.76. The lowest BCUT2D eigenvalue weighted by atomic mass is 9.81. The first-order valence-corrected chi connectivity index (χ1v) is 18.8. The number of morpholine rings is 1. The van der Waals surface area contributed by atoms with Crippen LogP contribution in [0.3, 0.4) is 0 Å². The van der Waals surface area contributed by atoms with Gasteiger partial charge in [-0.05, 0) is 119 Å². The van der Waals surface area contributed by atoms with Gasteiger partial charge in [-0.15, -0.1) is 10.2 Å². The maximum Gasteiger partial charge on any atom is 0.407 e. The van der Waals surface area contributed by atoms with Gasteiger partial charge < -0.3 is 30.3 Å². The topological polar surface area (TPSA) is 176 Å². The highest BCUT2D eigenvalue weighted by Gasteiger charge is 2.30. The molecule has 6 rings (SSSR count). The van der Waals surface area contributed by atoms with Crippen LogP contribution in [0.15, 0.2) is 66.9 Å². The molecule has 0 radical (unpaired) electrons. The Bertz CT molecular complexity index is 1830. The fourth-order valence-electron chi connectivity index (χ4n) is 7.06. The van der Waals surface area contributed by atoms with Gasteiger partial charge in [-0.2, -0.15) is 5.21 Å². The number of aromatic amines is 1. The first-order chi connectivity index (χ1) is 25.9. The summed E-state index contributed by atoms with van der Waals surface area (Å²) in [7, 11) is 0. The summed E-state index contributed by atoms with van der Waals surface area (Å²) in [6, 6.07) is 18.5. The molecule has 0 spiro atoms. The number of pyridine rings is 1. The van der Waals surface area contributed by atoms with Crippen molar-refractivity contribution < 1.29 is 23.9 Å². The van der Waals surface area contributed by atoms with Gasteiger partial charge >= 0.3 is 6.09 Å². The van der Waals surface area contributed by atoms with E-state index in [4.69, 9.17) is 14.5 Å².